The van der Waals surface area contributed by atoms with E-state index in [-0.39, 0.29) is 16.9 Å². The van der Waals surface area contributed by atoms with E-state index in [0.717, 1.165) is 32.0 Å². The Morgan fingerprint density at radius 2 is 1.97 bits per heavy atom. The number of hydrogen-bond donors (Lipinski definition) is 3. The Hall–Kier alpha value is -1.93. The van der Waals surface area contributed by atoms with Crippen LogP contribution in [-0.4, -0.2) is 53.3 Å². The van der Waals surface area contributed by atoms with Crippen LogP contribution >= 0.6 is 0 Å². The third kappa shape index (κ3) is 4.71. The van der Waals surface area contributed by atoms with Gasteiger partial charge in [0.05, 0.1) is 23.7 Å². The van der Waals surface area contributed by atoms with Gasteiger partial charge in [-0.3, -0.25) is 4.79 Å². The van der Waals surface area contributed by atoms with Crippen molar-refractivity contribution in [2.24, 2.45) is 28.9 Å². The van der Waals surface area contributed by atoms with Gasteiger partial charge in [0, 0.05) is 5.92 Å². The van der Waals surface area contributed by atoms with Gasteiger partial charge in [-0.2, -0.15) is 0 Å². The molecule has 4 N–H and O–H groups in total. The number of alkyl carbamates (subject to hydrolysis) is 1. The second-order valence-corrected chi connectivity index (χ2v) is 10.9. The number of hydrogen-bond acceptors (Lipinski definition) is 6. The monoisotopic (exact) mass is 450 g/mol. The molecular formula is C24H38N2O6. The van der Waals surface area contributed by atoms with Crippen molar-refractivity contribution in [3.05, 3.63) is 11.6 Å². The summed E-state index contributed by atoms with van der Waals surface area (Å²) < 4.78 is 11.6. The SMILES string of the molecule is CC(C)=CC[C@H]1CC[C@]1(C)C1[C@H](C=O)[C@H](OC(=O)N[C@@H](C(N)=O)C(C)(C)O)CC[C@]12CO2. The summed E-state index contributed by atoms with van der Waals surface area (Å²) in [5, 5.41) is 12.5. The molecule has 1 saturated heterocycles. The van der Waals surface area contributed by atoms with E-state index in [1.165, 1.54) is 19.4 Å². The normalized spacial score (nSPS) is 37.1. The highest BCUT2D eigenvalue weighted by Gasteiger charge is 2.67. The van der Waals surface area contributed by atoms with Crippen LogP contribution in [0.5, 0.6) is 0 Å². The zero-order valence-corrected chi connectivity index (χ0v) is 19.8. The first-order chi connectivity index (χ1) is 14.8. The Bertz CT molecular complexity index is 780. The maximum Gasteiger partial charge on any atom is 0.408 e. The fourth-order valence-electron chi connectivity index (χ4n) is 5.92. The molecular weight excluding hydrogens is 412 g/mol. The van der Waals surface area contributed by atoms with E-state index in [4.69, 9.17) is 15.2 Å². The number of rotatable bonds is 8. The molecule has 3 aliphatic rings. The number of carbonyl (C=O) groups excluding carboxylic acids is 3. The Labute approximate surface area is 190 Å². The van der Waals surface area contributed by atoms with Gasteiger partial charge in [-0.25, -0.2) is 4.79 Å². The smallest absolute Gasteiger partial charge is 0.408 e. The molecule has 8 heteroatoms. The summed E-state index contributed by atoms with van der Waals surface area (Å²) in [4.78, 5) is 36.6. The lowest BCUT2D eigenvalue weighted by Crippen LogP contribution is -2.59. The first-order valence-corrected chi connectivity index (χ1v) is 11.6. The summed E-state index contributed by atoms with van der Waals surface area (Å²) >= 11 is 0. The molecule has 3 rings (SSSR count). The summed E-state index contributed by atoms with van der Waals surface area (Å²) in [5.74, 6) is -0.944. The number of carbonyl (C=O) groups is 3. The molecule has 0 aromatic carbocycles. The summed E-state index contributed by atoms with van der Waals surface area (Å²) in [6.45, 7) is 9.81. The molecule has 2 amide bonds. The highest BCUT2D eigenvalue weighted by molar-refractivity contribution is 5.85. The van der Waals surface area contributed by atoms with E-state index in [0.29, 0.717) is 18.9 Å². The second kappa shape index (κ2) is 8.78. The minimum absolute atomic E-state index is 0.0374. The molecule has 1 unspecified atom stereocenters. The predicted molar refractivity (Wildman–Crippen MR) is 119 cm³/mol. The van der Waals surface area contributed by atoms with Gasteiger partial charge in [0.1, 0.15) is 18.4 Å². The number of primary amides is 1. The maximum absolute atomic E-state index is 12.6. The van der Waals surface area contributed by atoms with Gasteiger partial charge in [0.2, 0.25) is 5.91 Å². The quantitative estimate of drug-likeness (QED) is 0.296. The number of aldehydes is 1. The fourth-order valence-corrected chi connectivity index (χ4v) is 5.92. The van der Waals surface area contributed by atoms with Crippen molar-refractivity contribution in [3.8, 4) is 0 Å². The average molecular weight is 451 g/mol. The van der Waals surface area contributed by atoms with Crippen molar-refractivity contribution in [2.45, 2.75) is 90.1 Å². The van der Waals surface area contributed by atoms with Crippen LogP contribution in [0.25, 0.3) is 0 Å². The molecule has 1 spiro atoms. The fraction of sp³-hybridized carbons (Fsp3) is 0.792. The number of amides is 2. The van der Waals surface area contributed by atoms with Gasteiger partial charge in [-0.15, -0.1) is 0 Å². The predicted octanol–water partition coefficient (Wildman–Crippen LogP) is 2.47. The Balaban J connectivity index is 1.77. The van der Waals surface area contributed by atoms with Crippen molar-refractivity contribution in [1.29, 1.82) is 0 Å². The highest BCUT2D eigenvalue weighted by Crippen LogP contribution is 2.64. The van der Waals surface area contributed by atoms with Crippen LogP contribution in [-0.2, 0) is 19.1 Å². The van der Waals surface area contributed by atoms with E-state index in [9.17, 15) is 19.5 Å². The lowest BCUT2D eigenvalue weighted by molar-refractivity contribution is -0.145. The van der Waals surface area contributed by atoms with Crippen molar-refractivity contribution >= 4 is 18.3 Å². The van der Waals surface area contributed by atoms with E-state index in [1.54, 1.807) is 0 Å². The van der Waals surface area contributed by atoms with Gasteiger partial charge in [0.25, 0.3) is 0 Å². The molecule has 180 valence electrons. The number of nitrogens with one attached hydrogen (secondary N) is 1. The van der Waals surface area contributed by atoms with Crippen molar-refractivity contribution in [3.63, 3.8) is 0 Å². The first-order valence-electron chi connectivity index (χ1n) is 11.6. The molecule has 2 saturated carbocycles. The molecule has 0 aromatic rings. The van der Waals surface area contributed by atoms with Crippen LogP contribution in [0.2, 0.25) is 0 Å². The van der Waals surface area contributed by atoms with Gasteiger partial charge >= 0.3 is 6.09 Å². The van der Waals surface area contributed by atoms with E-state index < -0.39 is 35.7 Å². The average Bonchev–Trinajstić information content (AvgIpc) is 3.44. The van der Waals surface area contributed by atoms with Crippen molar-refractivity contribution in [1.82, 2.24) is 5.32 Å². The lowest BCUT2D eigenvalue weighted by atomic mass is 9.47. The summed E-state index contributed by atoms with van der Waals surface area (Å²) in [6, 6.07) is -1.31. The molecule has 0 bridgehead atoms. The summed E-state index contributed by atoms with van der Waals surface area (Å²) in [6.07, 6.45) is 5.99. The van der Waals surface area contributed by atoms with Crippen LogP contribution in [0.3, 0.4) is 0 Å². The molecule has 32 heavy (non-hydrogen) atoms. The Kier molecular flexibility index (Phi) is 6.78. The molecule has 1 aliphatic heterocycles. The standard InChI is InChI=1S/C24H38N2O6/c1-14(2)6-7-15-8-10-23(15,5)18-16(12-27)17(9-11-24(18)13-31-24)32-21(29)26-19(20(25)28)22(3,4)30/h6,12,15-19,30H,7-11,13H2,1-5H3,(H2,25,28)(H,26,29)/t15-,16+,17+,18?,19-,23-,24-/m0/s1. The molecule has 0 aromatic heterocycles. The Morgan fingerprint density at radius 3 is 2.41 bits per heavy atom. The molecule has 2 aliphatic carbocycles. The second-order valence-electron chi connectivity index (χ2n) is 10.9. The van der Waals surface area contributed by atoms with Crippen LogP contribution < -0.4 is 11.1 Å². The molecule has 3 fully saturated rings. The topological polar surface area (TPSA) is 131 Å². The summed E-state index contributed by atoms with van der Waals surface area (Å²) in [7, 11) is 0. The number of epoxide rings is 1. The summed E-state index contributed by atoms with van der Waals surface area (Å²) in [5.41, 5.74) is 4.66. The van der Waals surface area contributed by atoms with Gasteiger partial charge in [-0.05, 0) is 71.1 Å². The number of ether oxygens (including phenoxy) is 2. The zero-order chi connectivity index (χ0) is 23.9. The Morgan fingerprint density at radius 1 is 1.31 bits per heavy atom. The van der Waals surface area contributed by atoms with Gasteiger partial charge < -0.3 is 30.4 Å². The number of aliphatic hydroxyl groups is 1. The van der Waals surface area contributed by atoms with Crippen LogP contribution in [0, 0.1) is 23.2 Å². The number of nitrogens with two attached hydrogens (primary N) is 1. The first kappa shape index (κ1) is 24.7. The van der Waals surface area contributed by atoms with Gasteiger partial charge in [-0.1, -0.05) is 18.6 Å². The van der Waals surface area contributed by atoms with Crippen LogP contribution in [0.1, 0.15) is 66.7 Å². The van der Waals surface area contributed by atoms with Crippen molar-refractivity contribution < 1.29 is 29.0 Å². The third-order valence-corrected chi connectivity index (χ3v) is 7.90. The third-order valence-electron chi connectivity index (χ3n) is 7.90. The minimum Gasteiger partial charge on any atom is -0.445 e. The molecule has 7 atom stereocenters. The largest absolute Gasteiger partial charge is 0.445 e. The van der Waals surface area contributed by atoms with Crippen LogP contribution in [0.4, 0.5) is 4.79 Å². The van der Waals surface area contributed by atoms with Gasteiger partial charge in [0.15, 0.2) is 0 Å². The van der Waals surface area contributed by atoms with E-state index >= 15 is 0 Å². The van der Waals surface area contributed by atoms with E-state index in [2.05, 4.69) is 32.2 Å². The zero-order valence-electron chi connectivity index (χ0n) is 19.8. The van der Waals surface area contributed by atoms with Crippen molar-refractivity contribution in [2.75, 3.05) is 6.61 Å². The molecule has 0 radical (unpaired) electrons. The number of allylic oxidation sites excluding steroid dienone is 2. The molecule has 1 heterocycles. The lowest BCUT2D eigenvalue weighted by Gasteiger charge is -2.57. The van der Waals surface area contributed by atoms with E-state index in [1.807, 2.05) is 0 Å². The minimum atomic E-state index is -1.55. The molecule has 8 nitrogen and oxygen atoms in total. The highest BCUT2D eigenvalue weighted by atomic mass is 16.6. The van der Waals surface area contributed by atoms with Crippen LogP contribution in [0.15, 0.2) is 11.6 Å². The maximum atomic E-state index is 12.6.